The summed E-state index contributed by atoms with van der Waals surface area (Å²) >= 11 is 0. The van der Waals surface area contributed by atoms with Gasteiger partial charge in [0.15, 0.2) is 0 Å². The molecule has 0 heterocycles. The lowest BCUT2D eigenvalue weighted by Crippen LogP contribution is -2.35. The van der Waals surface area contributed by atoms with Crippen molar-refractivity contribution in [1.29, 1.82) is 0 Å². The second-order valence-electron chi connectivity index (χ2n) is 4.93. The van der Waals surface area contributed by atoms with Gasteiger partial charge in [-0.2, -0.15) is 0 Å². The molecule has 0 radical (unpaired) electrons. The number of hydrogen-bond donors (Lipinski definition) is 2. The number of rotatable bonds is 6. The van der Waals surface area contributed by atoms with Crippen LogP contribution < -0.4 is 5.32 Å². The largest absolute Gasteiger partial charge is 0.480 e. The predicted octanol–water partition coefficient (Wildman–Crippen LogP) is 2.20. The molecule has 0 saturated carbocycles. The highest BCUT2D eigenvalue weighted by atomic mass is 16.4. The maximum atomic E-state index is 10.4. The molecule has 1 aromatic rings. The number of hydrogen-bond acceptors (Lipinski definition) is 2. The van der Waals surface area contributed by atoms with Crippen LogP contribution in [0.3, 0.4) is 0 Å². The summed E-state index contributed by atoms with van der Waals surface area (Å²) in [5, 5.41) is 11.5. The highest BCUT2D eigenvalue weighted by Crippen LogP contribution is 2.22. The second-order valence-corrected chi connectivity index (χ2v) is 4.93. The van der Waals surface area contributed by atoms with Gasteiger partial charge in [0.05, 0.1) is 6.54 Å². The van der Waals surface area contributed by atoms with E-state index >= 15 is 0 Å². The number of carboxylic acids is 1. The Kier molecular flexibility index (Phi) is 4.70. The maximum absolute atomic E-state index is 10.4. The minimum Gasteiger partial charge on any atom is -0.480 e. The van der Waals surface area contributed by atoms with Crippen molar-refractivity contribution in [3.8, 4) is 0 Å². The van der Waals surface area contributed by atoms with E-state index in [4.69, 9.17) is 5.11 Å². The van der Waals surface area contributed by atoms with Crippen LogP contribution in [0, 0.1) is 0 Å². The van der Waals surface area contributed by atoms with Crippen molar-refractivity contribution in [3.05, 3.63) is 35.4 Å². The molecule has 0 fully saturated rings. The monoisotopic (exact) mass is 235 g/mol. The van der Waals surface area contributed by atoms with Gasteiger partial charge in [0, 0.05) is 12.0 Å². The van der Waals surface area contributed by atoms with Gasteiger partial charge in [0.1, 0.15) is 0 Å². The second kappa shape index (κ2) is 5.82. The summed E-state index contributed by atoms with van der Waals surface area (Å²) in [7, 11) is 0. The standard InChI is InChI=1S/C14H21NO2/c1-4-11-5-7-12(8-6-11)14(2,3)10-15-9-13(16)17/h5-8,15H,4,9-10H2,1-3H3,(H,16,17). The summed E-state index contributed by atoms with van der Waals surface area (Å²) in [4.78, 5) is 10.4. The third-order valence-corrected chi connectivity index (χ3v) is 2.99. The number of aliphatic carboxylic acids is 1. The Morgan fingerprint density at radius 2 is 1.88 bits per heavy atom. The van der Waals surface area contributed by atoms with Crippen molar-refractivity contribution in [3.63, 3.8) is 0 Å². The first-order chi connectivity index (χ1) is 7.95. The zero-order valence-electron chi connectivity index (χ0n) is 10.8. The van der Waals surface area contributed by atoms with Crippen LogP contribution in [0.1, 0.15) is 31.9 Å². The first-order valence-electron chi connectivity index (χ1n) is 5.97. The third-order valence-electron chi connectivity index (χ3n) is 2.99. The predicted molar refractivity (Wildman–Crippen MR) is 69.4 cm³/mol. The molecule has 0 spiro atoms. The van der Waals surface area contributed by atoms with Gasteiger partial charge >= 0.3 is 5.97 Å². The van der Waals surface area contributed by atoms with Gasteiger partial charge in [-0.1, -0.05) is 45.0 Å². The number of benzene rings is 1. The number of carboxylic acid groups (broad SMARTS) is 1. The Morgan fingerprint density at radius 1 is 1.29 bits per heavy atom. The Hall–Kier alpha value is -1.35. The van der Waals surface area contributed by atoms with Crippen LogP contribution in [0.2, 0.25) is 0 Å². The molecule has 0 aliphatic rings. The van der Waals surface area contributed by atoms with Gasteiger partial charge in [-0.15, -0.1) is 0 Å². The van der Waals surface area contributed by atoms with Crippen LogP contribution in [0.25, 0.3) is 0 Å². The summed E-state index contributed by atoms with van der Waals surface area (Å²) in [6.45, 7) is 7.03. The smallest absolute Gasteiger partial charge is 0.317 e. The molecule has 94 valence electrons. The molecule has 0 aromatic heterocycles. The average molecular weight is 235 g/mol. The van der Waals surface area contributed by atoms with E-state index in [1.807, 2.05) is 0 Å². The number of carbonyl (C=O) groups is 1. The summed E-state index contributed by atoms with van der Waals surface area (Å²) in [5.74, 6) is -0.817. The molecule has 2 N–H and O–H groups in total. The van der Waals surface area contributed by atoms with Gasteiger partial charge in [0.2, 0.25) is 0 Å². The third kappa shape index (κ3) is 4.19. The zero-order chi connectivity index (χ0) is 12.9. The van der Waals surface area contributed by atoms with Crippen LogP contribution in [0.5, 0.6) is 0 Å². The molecular weight excluding hydrogens is 214 g/mol. The summed E-state index contributed by atoms with van der Waals surface area (Å²) in [6, 6.07) is 8.52. The maximum Gasteiger partial charge on any atom is 0.317 e. The summed E-state index contributed by atoms with van der Waals surface area (Å²) in [6.07, 6.45) is 1.04. The van der Waals surface area contributed by atoms with Crippen LogP contribution >= 0.6 is 0 Å². The molecule has 0 bridgehead atoms. The van der Waals surface area contributed by atoms with E-state index in [2.05, 4.69) is 50.4 Å². The molecule has 17 heavy (non-hydrogen) atoms. The quantitative estimate of drug-likeness (QED) is 0.794. The molecule has 1 rings (SSSR count). The molecule has 0 aliphatic heterocycles. The number of aryl methyl sites for hydroxylation is 1. The minimum absolute atomic E-state index is 0.0104. The summed E-state index contributed by atoms with van der Waals surface area (Å²) < 4.78 is 0. The van der Waals surface area contributed by atoms with E-state index in [1.165, 1.54) is 11.1 Å². The van der Waals surface area contributed by atoms with Gasteiger partial charge in [-0.05, 0) is 17.5 Å². The molecule has 3 heteroatoms. The van der Waals surface area contributed by atoms with E-state index in [9.17, 15) is 4.79 Å². The average Bonchev–Trinajstić information content (AvgIpc) is 2.28. The van der Waals surface area contributed by atoms with E-state index in [0.717, 1.165) is 6.42 Å². The normalized spacial score (nSPS) is 11.5. The van der Waals surface area contributed by atoms with Crippen LogP contribution in [-0.2, 0) is 16.6 Å². The number of nitrogens with one attached hydrogen (secondary N) is 1. The molecule has 3 nitrogen and oxygen atoms in total. The van der Waals surface area contributed by atoms with Gasteiger partial charge < -0.3 is 10.4 Å². The Morgan fingerprint density at radius 3 is 2.35 bits per heavy atom. The Balaban J connectivity index is 2.64. The van der Waals surface area contributed by atoms with Crippen molar-refractivity contribution < 1.29 is 9.90 Å². The lowest BCUT2D eigenvalue weighted by atomic mass is 9.84. The topological polar surface area (TPSA) is 49.3 Å². The van der Waals surface area contributed by atoms with Crippen molar-refractivity contribution in [2.45, 2.75) is 32.6 Å². The van der Waals surface area contributed by atoms with E-state index in [-0.39, 0.29) is 12.0 Å². The van der Waals surface area contributed by atoms with Crippen LogP contribution in [0.15, 0.2) is 24.3 Å². The molecule has 0 atom stereocenters. The molecule has 0 saturated heterocycles. The van der Waals surface area contributed by atoms with Crippen LogP contribution in [-0.4, -0.2) is 24.2 Å². The molecule has 0 unspecified atom stereocenters. The first-order valence-corrected chi connectivity index (χ1v) is 5.97. The highest BCUT2D eigenvalue weighted by Gasteiger charge is 2.20. The van der Waals surface area contributed by atoms with Gasteiger partial charge in [-0.25, -0.2) is 0 Å². The Bertz CT molecular complexity index is 368. The SMILES string of the molecule is CCc1ccc(C(C)(C)CNCC(=O)O)cc1. The van der Waals surface area contributed by atoms with Gasteiger partial charge in [-0.3, -0.25) is 4.79 Å². The molecular formula is C14H21NO2. The van der Waals surface area contributed by atoms with Crippen molar-refractivity contribution >= 4 is 5.97 Å². The fraction of sp³-hybridized carbons (Fsp3) is 0.500. The van der Waals surface area contributed by atoms with Crippen molar-refractivity contribution in [2.24, 2.45) is 0 Å². The lowest BCUT2D eigenvalue weighted by Gasteiger charge is -2.25. The molecule has 0 aliphatic carbocycles. The minimum atomic E-state index is -0.817. The molecule has 0 amide bonds. The molecule has 1 aromatic carbocycles. The fourth-order valence-corrected chi connectivity index (χ4v) is 1.78. The van der Waals surface area contributed by atoms with Crippen molar-refractivity contribution in [1.82, 2.24) is 5.32 Å². The summed E-state index contributed by atoms with van der Waals surface area (Å²) in [5.41, 5.74) is 2.50. The van der Waals surface area contributed by atoms with Gasteiger partial charge in [0.25, 0.3) is 0 Å². The van der Waals surface area contributed by atoms with E-state index in [1.54, 1.807) is 0 Å². The van der Waals surface area contributed by atoms with E-state index < -0.39 is 5.97 Å². The Labute approximate surface area is 103 Å². The first kappa shape index (κ1) is 13.7. The fourth-order valence-electron chi connectivity index (χ4n) is 1.78. The highest BCUT2D eigenvalue weighted by molar-refractivity contribution is 5.69. The zero-order valence-corrected chi connectivity index (χ0v) is 10.8. The van der Waals surface area contributed by atoms with Crippen LogP contribution in [0.4, 0.5) is 0 Å². The van der Waals surface area contributed by atoms with E-state index in [0.29, 0.717) is 6.54 Å². The van der Waals surface area contributed by atoms with Crippen molar-refractivity contribution in [2.75, 3.05) is 13.1 Å². The lowest BCUT2D eigenvalue weighted by molar-refractivity contribution is -0.136.